The Hall–Kier alpha value is -3.59. The number of aromatic carboxylic acids is 1. The standard InChI is InChI=1S/C23H23N3O3/c1-3-5-14-26-21(24-23(25-26)29-15-4-2)16-17-10-12-18(13-11-17)19-8-6-7-9-20(19)22(27)28/h6-13H,4,14-16H2,1-2H3,(H,27,28). The Morgan fingerprint density at radius 2 is 1.93 bits per heavy atom. The molecule has 1 N–H and O–H groups in total. The van der Waals surface area contributed by atoms with Crippen molar-refractivity contribution < 1.29 is 14.6 Å². The highest BCUT2D eigenvalue weighted by Crippen LogP contribution is 2.24. The van der Waals surface area contributed by atoms with Crippen molar-refractivity contribution in [1.29, 1.82) is 0 Å². The number of carboxylic acid groups (broad SMARTS) is 1. The molecule has 148 valence electrons. The van der Waals surface area contributed by atoms with Crippen molar-refractivity contribution in [2.24, 2.45) is 0 Å². The van der Waals surface area contributed by atoms with Crippen LogP contribution in [0.5, 0.6) is 6.01 Å². The maximum Gasteiger partial charge on any atom is 0.336 e. The Kier molecular flexibility index (Phi) is 6.64. The maximum atomic E-state index is 11.5. The highest BCUT2D eigenvalue weighted by atomic mass is 16.5. The van der Waals surface area contributed by atoms with E-state index >= 15 is 0 Å². The van der Waals surface area contributed by atoms with Crippen molar-refractivity contribution in [3.05, 3.63) is 65.5 Å². The van der Waals surface area contributed by atoms with Gasteiger partial charge in [-0.25, -0.2) is 9.48 Å². The first-order valence-electron chi connectivity index (χ1n) is 9.50. The van der Waals surface area contributed by atoms with E-state index in [-0.39, 0.29) is 5.56 Å². The van der Waals surface area contributed by atoms with E-state index in [1.165, 1.54) is 0 Å². The van der Waals surface area contributed by atoms with Gasteiger partial charge in [0.1, 0.15) is 12.4 Å². The van der Waals surface area contributed by atoms with E-state index in [0.29, 0.717) is 31.1 Å². The minimum Gasteiger partial charge on any atom is -0.478 e. The van der Waals surface area contributed by atoms with Crippen molar-refractivity contribution in [1.82, 2.24) is 14.8 Å². The molecule has 0 radical (unpaired) electrons. The summed E-state index contributed by atoms with van der Waals surface area (Å²) in [6.45, 7) is 4.85. The number of ether oxygens (including phenoxy) is 1. The first-order chi connectivity index (χ1) is 14.1. The molecule has 0 aliphatic carbocycles. The van der Waals surface area contributed by atoms with E-state index in [9.17, 15) is 9.90 Å². The summed E-state index contributed by atoms with van der Waals surface area (Å²) >= 11 is 0. The normalized spacial score (nSPS) is 10.3. The van der Waals surface area contributed by atoms with Crippen LogP contribution in [0.1, 0.15) is 42.0 Å². The van der Waals surface area contributed by atoms with E-state index in [1.807, 2.05) is 43.3 Å². The molecule has 0 fully saturated rings. The smallest absolute Gasteiger partial charge is 0.336 e. The first kappa shape index (κ1) is 20.2. The molecule has 3 aromatic rings. The molecule has 3 rings (SSSR count). The summed E-state index contributed by atoms with van der Waals surface area (Å²) in [4.78, 5) is 16.0. The lowest BCUT2D eigenvalue weighted by Crippen LogP contribution is -2.05. The van der Waals surface area contributed by atoms with Gasteiger partial charge in [0.2, 0.25) is 0 Å². The van der Waals surface area contributed by atoms with Gasteiger partial charge in [0.15, 0.2) is 0 Å². The minimum absolute atomic E-state index is 0.288. The van der Waals surface area contributed by atoms with Gasteiger partial charge in [0.25, 0.3) is 0 Å². The van der Waals surface area contributed by atoms with Crippen LogP contribution in [0.25, 0.3) is 11.1 Å². The fourth-order valence-corrected chi connectivity index (χ4v) is 2.92. The van der Waals surface area contributed by atoms with E-state index < -0.39 is 5.97 Å². The summed E-state index contributed by atoms with van der Waals surface area (Å²) in [5.41, 5.74) is 2.89. The Morgan fingerprint density at radius 3 is 2.62 bits per heavy atom. The van der Waals surface area contributed by atoms with Crippen LogP contribution >= 0.6 is 0 Å². The number of aromatic nitrogens is 3. The quantitative estimate of drug-likeness (QED) is 0.588. The number of nitrogens with zero attached hydrogens (tertiary/aromatic N) is 3. The van der Waals surface area contributed by atoms with E-state index in [0.717, 1.165) is 23.4 Å². The van der Waals surface area contributed by atoms with Crippen molar-refractivity contribution in [3.8, 4) is 29.0 Å². The fraction of sp³-hybridized carbons (Fsp3) is 0.261. The summed E-state index contributed by atoms with van der Waals surface area (Å²) < 4.78 is 7.32. The largest absolute Gasteiger partial charge is 0.478 e. The molecule has 0 atom stereocenters. The monoisotopic (exact) mass is 389 g/mol. The summed E-state index contributed by atoms with van der Waals surface area (Å²) in [5, 5.41) is 13.8. The number of hydrogen-bond acceptors (Lipinski definition) is 4. The highest BCUT2D eigenvalue weighted by Gasteiger charge is 2.13. The average molecular weight is 389 g/mol. The molecule has 2 aromatic carbocycles. The minimum atomic E-state index is -0.936. The first-order valence-corrected chi connectivity index (χ1v) is 9.50. The molecule has 1 heterocycles. The van der Waals surface area contributed by atoms with Crippen LogP contribution in [0.3, 0.4) is 0 Å². The Bertz CT molecular complexity index is 1040. The van der Waals surface area contributed by atoms with Gasteiger partial charge in [-0.15, -0.1) is 11.0 Å². The van der Waals surface area contributed by atoms with Gasteiger partial charge in [0, 0.05) is 6.42 Å². The lowest BCUT2D eigenvalue weighted by Gasteiger charge is -2.08. The Balaban J connectivity index is 1.83. The molecule has 0 unspecified atom stereocenters. The molecule has 0 amide bonds. The van der Waals surface area contributed by atoms with Crippen LogP contribution in [-0.2, 0) is 13.0 Å². The molecule has 29 heavy (non-hydrogen) atoms. The van der Waals surface area contributed by atoms with E-state index in [1.54, 1.807) is 23.7 Å². The summed E-state index contributed by atoms with van der Waals surface area (Å²) in [6.07, 6.45) is 1.46. The van der Waals surface area contributed by atoms with Crippen LogP contribution in [0.4, 0.5) is 0 Å². The third kappa shape index (κ3) is 5.02. The second kappa shape index (κ2) is 9.56. The lowest BCUT2D eigenvalue weighted by atomic mass is 9.98. The van der Waals surface area contributed by atoms with E-state index in [4.69, 9.17) is 4.74 Å². The Labute approximate surface area is 170 Å². The predicted octanol–water partition coefficient (Wildman–Crippen LogP) is 4.05. The van der Waals surface area contributed by atoms with Gasteiger partial charge in [-0.05, 0) is 36.1 Å². The zero-order chi connectivity index (χ0) is 20.6. The lowest BCUT2D eigenvalue weighted by molar-refractivity contribution is 0.0697. The summed E-state index contributed by atoms with van der Waals surface area (Å²) in [5.74, 6) is 5.72. The second-order valence-corrected chi connectivity index (χ2v) is 6.47. The average Bonchev–Trinajstić information content (AvgIpc) is 3.12. The molecule has 6 heteroatoms. The topological polar surface area (TPSA) is 77.2 Å². The molecule has 0 aliphatic heterocycles. The molecule has 0 bridgehead atoms. The van der Waals surface area contributed by atoms with Crippen LogP contribution in [0.2, 0.25) is 0 Å². The third-order valence-electron chi connectivity index (χ3n) is 4.35. The number of hydrogen-bond donors (Lipinski definition) is 1. The van der Waals surface area contributed by atoms with Gasteiger partial charge >= 0.3 is 12.0 Å². The van der Waals surface area contributed by atoms with Gasteiger partial charge in [-0.1, -0.05) is 55.3 Å². The Morgan fingerprint density at radius 1 is 1.17 bits per heavy atom. The number of benzene rings is 2. The molecule has 6 nitrogen and oxygen atoms in total. The highest BCUT2D eigenvalue weighted by molar-refractivity contribution is 5.95. The molecular weight excluding hydrogens is 366 g/mol. The second-order valence-electron chi connectivity index (χ2n) is 6.47. The SMILES string of the molecule is CC#CCn1nc(OCCC)nc1Cc1ccc(-c2ccccc2C(=O)O)cc1. The van der Waals surface area contributed by atoms with Crippen LogP contribution in [0.15, 0.2) is 48.5 Å². The molecule has 0 saturated heterocycles. The molecule has 0 saturated carbocycles. The fourth-order valence-electron chi connectivity index (χ4n) is 2.92. The van der Waals surface area contributed by atoms with Crippen molar-refractivity contribution in [3.63, 3.8) is 0 Å². The number of carboxylic acids is 1. The van der Waals surface area contributed by atoms with Gasteiger partial charge in [-0.3, -0.25) is 0 Å². The summed E-state index contributed by atoms with van der Waals surface area (Å²) in [7, 11) is 0. The van der Waals surface area contributed by atoms with Crippen molar-refractivity contribution >= 4 is 5.97 Å². The van der Waals surface area contributed by atoms with Gasteiger partial charge < -0.3 is 9.84 Å². The maximum absolute atomic E-state index is 11.5. The van der Waals surface area contributed by atoms with Crippen LogP contribution < -0.4 is 4.74 Å². The molecule has 0 spiro atoms. The number of rotatable bonds is 8. The van der Waals surface area contributed by atoms with Gasteiger partial charge in [-0.2, -0.15) is 4.98 Å². The summed E-state index contributed by atoms with van der Waals surface area (Å²) in [6, 6.07) is 15.2. The molecule has 0 aliphatic rings. The number of carbonyl (C=O) groups is 1. The van der Waals surface area contributed by atoms with Crippen LogP contribution in [0, 0.1) is 11.8 Å². The van der Waals surface area contributed by atoms with Crippen molar-refractivity contribution in [2.45, 2.75) is 33.2 Å². The molecule has 1 aromatic heterocycles. The zero-order valence-electron chi connectivity index (χ0n) is 16.6. The van der Waals surface area contributed by atoms with Crippen molar-refractivity contribution in [2.75, 3.05) is 6.61 Å². The zero-order valence-corrected chi connectivity index (χ0v) is 16.6. The third-order valence-corrected chi connectivity index (χ3v) is 4.35. The van der Waals surface area contributed by atoms with E-state index in [2.05, 4.69) is 21.9 Å². The predicted molar refractivity (Wildman–Crippen MR) is 111 cm³/mol. The van der Waals surface area contributed by atoms with Crippen LogP contribution in [-0.4, -0.2) is 32.4 Å². The molecular formula is C23H23N3O3. The van der Waals surface area contributed by atoms with Gasteiger partial charge in [0.05, 0.1) is 12.2 Å².